The fraction of sp³-hybridized carbons (Fsp3) is 0.280. The number of amidine groups is 1. The van der Waals surface area contributed by atoms with Crippen molar-refractivity contribution in [1.82, 2.24) is 9.78 Å². The molecule has 184 valence electrons. The number of rotatable bonds is 7. The van der Waals surface area contributed by atoms with Gasteiger partial charge in [0.2, 0.25) is 5.91 Å². The number of nitrogens with two attached hydrogens (primary N) is 1. The van der Waals surface area contributed by atoms with E-state index in [0.29, 0.717) is 29.1 Å². The molecule has 0 saturated carbocycles. The van der Waals surface area contributed by atoms with E-state index >= 15 is 0 Å². The third-order valence-corrected chi connectivity index (χ3v) is 5.85. The first-order chi connectivity index (χ1) is 16.3. The zero-order valence-corrected chi connectivity index (χ0v) is 20.4. The van der Waals surface area contributed by atoms with Crippen LogP contribution < -0.4 is 11.1 Å². The van der Waals surface area contributed by atoms with Gasteiger partial charge in [0, 0.05) is 28.1 Å². The Morgan fingerprint density at radius 2 is 2.00 bits per heavy atom. The van der Waals surface area contributed by atoms with Crippen LogP contribution in [-0.4, -0.2) is 39.2 Å². The molecule has 1 aliphatic carbocycles. The molecule has 3 aromatic rings. The summed E-state index contributed by atoms with van der Waals surface area (Å²) < 4.78 is 6.98. The first kappa shape index (κ1) is 25.8. The van der Waals surface area contributed by atoms with Gasteiger partial charge in [0.15, 0.2) is 5.69 Å². The number of amides is 1. The highest BCUT2D eigenvalue weighted by molar-refractivity contribution is 5.96. The number of hydrogen-bond donors (Lipinski definition) is 4. The lowest BCUT2D eigenvalue weighted by Crippen LogP contribution is -2.16. The number of phenols is 1. The number of benzene rings is 2. The number of aromatic hydroxyl groups is 1. The molecule has 0 atom stereocenters. The molecule has 35 heavy (non-hydrogen) atoms. The Hall–Kier alpha value is -3.85. The minimum absolute atomic E-state index is 0. The Labute approximate surface area is 209 Å². The molecule has 1 heterocycles. The van der Waals surface area contributed by atoms with Gasteiger partial charge in [0.25, 0.3) is 0 Å². The number of aryl methyl sites for hydroxylation is 1. The van der Waals surface area contributed by atoms with Crippen LogP contribution in [0.25, 0.3) is 5.69 Å². The zero-order chi connectivity index (χ0) is 24.4. The van der Waals surface area contributed by atoms with Crippen LogP contribution in [0.5, 0.6) is 5.75 Å². The largest absolute Gasteiger partial charge is 0.508 e. The molecule has 10 heteroatoms. The van der Waals surface area contributed by atoms with Crippen molar-refractivity contribution in [3.8, 4) is 11.4 Å². The Bertz CT molecular complexity index is 1300. The number of phenolic OH excluding ortho intramolecular Hbond substituents is 1. The molecule has 0 saturated heterocycles. The van der Waals surface area contributed by atoms with Crippen molar-refractivity contribution < 1.29 is 19.4 Å². The molecule has 0 radical (unpaired) electrons. The van der Waals surface area contributed by atoms with Gasteiger partial charge in [0.05, 0.1) is 18.7 Å². The second kappa shape index (κ2) is 10.6. The summed E-state index contributed by atoms with van der Waals surface area (Å²) in [5.41, 5.74) is 11.0. The Morgan fingerprint density at radius 1 is 1.23 bits per heavy atom. The summed E-state index contributed by atoms with van der Waals surface area (Å²) in [7, 11) is 0. The summed E-state index contributed by atoms with van der Waals surface area (Å²) >= 11 is 0. The SMILES string of the molecule is CCOC(=O)c1nn(-c2ccc(NC(=O)Cc3cc(C(=N)N)ccc3O)cc2C)c2c1CCC2.Cl. The third kappa shape index (κ3) is 5.30. The summed E-state index contributed by atoms with van der Waals surface area (Å²) in [6.07, 6.45) is 2.53. The van der Waals surface area contributed by atoms with Gasteiger partial charge in [-0.05, 0) is 75.1 Å². The summed E-state index contributed by atoms with van der Waals surface area (Å²) in [6.45, 7) is 3.98. The van der Waals surface area contributed by atoms with Crippen LogP contribution in [-0.2, 0) is 28.8 Å². The van der Waals surface area contributed by atoms with Gasteiger partial charge in [0.1, 0.15) is 11.6 Å². The summed E-state index contributed by atoms with van der Waals surface area (Å²) in [5.74, 6) is -0.883. The number of halogens is 1. The standard InChI is InChI=1S/C25H27N5O4.ClH/c1-3-34-25(33)23-18-5-4-6-20(18)30(29-23)19-9-8-17(11-14(19)2)28-22(32)13-16-12-15(24(26)27)7-10-21(16)31;/h7-12,31H,3-6,13H2,1-2H3,(H3,26,27)(H,28,32);1H. The van der Waals surface area contributed by atoms with Gasteiger partial charge in [-0.2, -0.15) is 5.10 Å². The topological polar surface area (TPSA) is 143 Å². The minimum atomic E-state index is -0.405. The highest BCUT2D eigenvalue weighted by atomic mass is 35.5. The van der Waals surface area contributed by atoms with E-state index < -0.39 is 5.97 Å². The monoisotopic (exact) mass is 497 g/mol. The lowest BCUT2D eigenvalue weighted by Gasteiger charge is -2.12. The Morgan fingerprint density at radius 3 is 2.69 bits per heavy atom. The van der Waals surface area contributed by atoms with Crippen LogP contribution in [0, 0.1) is 12.3 Å². The molecule has 0 bridgehead atoms. The zero-order valence-electron chi connectivity index (χ0n) is 19.6. The average Bonchev–Trinajstić information content (AvgIpc) is 3.38. The Balaban J connectivity index is 0.00000342. The van der Waals surface area contributed by atoms with Crippen LogP contribution in [0.2, 0.25) is 0 Å². The molecule has 0 spiro atoms. The number of aromatic nitrogens is 2. The van der Waals surface area contributed by atoms with Crippen molar-refractivity contribution in [1.29, 1.82) is 5.41 Å². The summed E-state index contributed by atoms with van der Waals surface area (Å²) in [4.78, 5) is 25.0. The fourth-order valence-corrected chi connectivity index (χ4v) is 4.24. The molecule has 0 fully saturated rings. The van der Waals surface area contributed by atoms with E-state index in [1.165, 1.54) is 18.2 Å². The van der Waals surface area contributed by atoms with E-state index in [1.54, 1.807) is 17.7 Å². The highest BCUT2D eigenvalue weighted by Crippen LogP contribution is 2.30. The second-order valence-electron chi connectivity index (χ2n) is 8.24. The maximum atomic E-state index is 12.6. The molecule has 1 amide bonds. The van der Waals surface area contributed by atoms with Crippen molar-refractivity contribution in [3.63, 3.8) is 0 Å². The quantitative estimate of drug-likeness (QED) is 0.223. The number of nitrogens with zero attached hydrogens (tertiary/aromatic N) is 2. The van der Waals surface area contributed by atoms with E-state index in [-0.39, 0.29) is 36.3 Å². The van der Waals surface area contributed by atoms with Crippen LogP contribution in [0.4, 0.5) is 5.69 Å². The number of carbonyl (C=O) groups excluding carboxylic acids is 2. The summed E-state index contributed by atoms with van der Waals surface area (Å²) in [6, 6.07) is 9.96. The van der Waals surface area contributed by atoms with Crippen LogP contribution >= 0.6 is 12.4 Å². The van der Waals surface area contributed by atoms with E-state index in [4.69, 9.17) is 15.9 Å². The predicted octanol–water partition coefficient (Wildman–Crippen LogP) is 3.44. The van der Waals surface area contributed by atoms with Crippen molar-refractivity contribution in [3.05, 3.63) is 70.0 Å². The first-order valence-electron chi connectivity index (χ1n) is 11.1. The molecule has 0 aliphatic heterocycles. The highest BCUT2D eigenvalue weighted by Gasteiger charge is 2.28. The molecular formula is C25H28ClN5O4. The number of carbonyl (C=O) groups is 2. The minimum Gasteiger partial charge on any atom is -0.508 e. The molecule has 1 aliphatic rings. The summed E-state index contributed by atoms with van der Waals surface area (Å²) in [5, 5.41) is 25.0. The normalized spacial score (nSPS) is 11.9. The third-order valence-electron chi connectivity index (χ3n) is 5.85. The maximum absolute atomic E-state index is 12.6. The first-order valence-corrected chi connectivity index (χ1v) is 11.1. The number of hydrogen-bond acceptors (Lipinski definition) is 6. The molecule has 2 aromatic carbocycles. The van der Waals surface area contributed by atoms with Crippen LogP contribution in [0.3, 0.4) is 0 Å². The molecule has 4 rings (SSSR count). The number of ether oxygens (including phenoxy) is 1. The van der Waals surface area contributed by atoms with Gasteiger partial charge in [-0.1, -0.05) is 0 Å². The van der Waals surface area contributed by atoms with Crippen LogP contribution in [0.15, 0.2) is 36.4 Å². The van der Waals surface area contributed by atoms with Gasteiger partial charge in [-0.3, -0.25) is 10.2 Å². The van der Waals surface area contributed by atoms with Gasteiger partial charge >= 0.3 is 5.97 Å². The lowest BCUT2D eigenvalue weighted by atomic mass is 10.1. The van der Waals surface area contributed by atoms with E-state index in [0.717, 1.165) is 41.8 Å². The number of nitrogen functional groups attached to an aromatic ring is 1. The van der Waals surface area contributed by atoms with Crippen molar-refractivity contribution in [2.24, 2.45) is 5.73 Å². The lowest BCUT2D eigenvalue weighted by molar-refractivity contribution is -0.115. The molecule has 0 unspecified atom stereocenters. The smallest absolute Gasteiger partial charge is 0.359 e. The second-order valence-corrected chi connectivity index (χ2v) is 8.24. The van der Waals surface area contributed by atoms with Crippen LogP contribution in [0.1, 0.15) is 51.8 Å². The van der Waals surface area contributed by atoms with E-state index in [9.17, 15) is 14.7 Å². The van der Waals surface area contributed by atoms with Gasteiger partial charge in [-0.25, -0.2) is 9.48 Å². The average molecular weight is 498 g/mol. The fourth-order valence-electron chi connectivity index (χ4n) is 4.24. The van der Waals surface area contributed by atoms with Gasteiger partial charge < -0.3 is 20.9 Å². The Kier molecular flexibility index (Phi) is 7.81. The number of fused-ring (bicyclic) bond motifs is 1. The van der Waals surface area contributed by atoms with Gasteiger partial charge in [-0.15, -0.1) is 12.4 Å². The number of anilines is 1. The van der Waals surface area contributed by atoms with E-state index in [1.807, 2.05) is 19.1 Å². The van der Waals surface area contributed by atoms with Crippen molar-refractivity contribution in [2.45, 2.75) is 39.5 Å². The maximum Gasteiger partial charge on any atom is 0.359 e. The van der Waals surface area contributed by atoms with E-state index in [2.05, 4.69) is 10.4 Å². The molecular weight excluding hydrogens is 470 g/mol. The van der Waals surface area contributed by atoms with Crippen molar-refractivity contribution >= 4 is 35.8 Å². The van der Waals surface area contributed by atoms with Crippen molar-refractivity contribution in [2.75, 3.05) is 11.9 Å². The molecule has 1 aromatic heterocycles. The number of nitrogens with one attached hydrogen (secondary N) is 2. The molecule has 5 N–H and O–H groups in total. The predicted molar refractivity (Wildman–Crippen MR) is 135 cm³/mol. The number of esters is 1. The molecule has 9 nitrogen and oxygen atoms in total.